The van der Waals surface area contributed by atoms with Crippen LogP contribution in [0.2, 0.25) is 0 Å². The number of carbonyl (C=O) groups excluding carboxylic acids is 1. The van der Waals surface area contributed by atoms with Gasteiger partial charge in [0.05, 0.1) is 12.3 Å². The molecule has 0 aliphatic carbocycles. The predicted octanol–water partition coefficient (Wildman–Crippen LogP) is 1.87. The highest BCUT2D eigenvalue weighted by atomic mass is 16.5. The summed E-state index contributed by atoms with van der Waals surface area (Å²) in [6.07, 6.45) is 11.1. The summed E-state index contributed by atoms with van der Waals surface area (Å²) in [5, 5.41) is 7.52. The van der Waals surface area contributed by atoms with Crippen LogP contribution in [0.4, 0.5) is 0 Å². The van der Waals surface area contributed by atoms with Crippen molar-refractivity contribution in [3.05, 3.63) is 18.0 Å². The molecule has 0 radical (unpaired) electrons. The minimum Gasteiger partial charge on any atom is -0.376 e. The minimum atomic E-state index is 0.183. The highest BCUT2D eigenvalue weighted by molar-refractivity contribution is 5.78. The number of hydrogen-bond acceptors (Lipinski definition) is 5. The molecule has 1 aromatic rings. The van der Waals surface area contributed by atoms with Crippen LogP contribution in [0, 0.1) is 5.92 Å². The van der Waals surface area contributed by atoms with Crippen LogP contribution in [-0.2, 0) is 22.6 Å². The number of aromatic nitrogens is 2. The van der Waals surface area contributed by atoms with Crippen molar-refractivity contribution in [2.24, 2.45) is 5.92 Å². The molecule has 7 heteroatoms. The van der Waals surface area contributed by atoms with Crippen molar-refractivity contribution in [2.75, 3.05) is 39.3 Å². The summed E-state index contributed by atoms with van der Waals surface area (Å²) in [6, 6.07) is 0.681. The molecule has 1 unspecified atom stereocenters. The number of piperidine rings is 2. The molecule has 3 saturated heterocycles. The van der Waals surface area contributed by atoms with Crippen molar-refractivity contribution in [1.29, 1.82) is 0 Å². The highest BCUT2D eigenvalue weighted by Gasteiger charge is 2.31. The molecule has 1 aromatic heterocycles. The molecule has 29 heavy (non-hydrogen) atoms. The Bertz CT molecular complexity index is 641. The van der Waals surface area contributed by atoms with E-state index in [0.717, 1.165) is 71.6 Å². The van der Waals surface area contributed by atoms with Gasteiger partial charge in [0.15, 0.2) is 0 Å². The molecule has 162 valence electrons. The molecule has 1 amide bonds. The van der Waals surface area contributed by atoms with Crippen LogP contribution in [-0.4, -0.2) is 77.0 Å². The van der Waals surface area contributed by atoms with Crippen LogP contribution in [0.25, 0.3) is 0 Å². The molecule has 3 aliphatic rings. The largest absolute Gasteiger partial charge is 0.376 e. The number of carbonyl (C=O) groups is 1. The first-order valence-electron chi connectivity index (χ1n) is 11.6. The van der Waals surface area contributed by atoms with E-state index in [0.29, 0.717) is 12.6 Å². The number of nitrogens with zero attached hydrogens (tertiary/aromatic N) is 4. The van der Waals surface area contributed by atoms with E-state index in [2.05, 4.69) is 33.3 Å². The van der Waals surface area contributed by atoms with Crippen molar-refractivity contribution in [1.82, 2.24) is 24.9 Å². The number of ether oxygens (including phenoxy) is 1. The number of likely N-dealkylation sites (tertiary alicyclic amines) is 2. The molecule has 0 aromatic carbocycles. The molecule has 0 bridgehead atoms. The quantitative estimate of drug-likeness (QED) is 0.753. The Morgan fingerprint density at radius 2 is 1.97 bits per heavy atom. The smallest absolute Gasteiger partial charge is 0.223 e. The molecular weight excluding hydrogens is 366 g/mol. The van der Waals surface area contributed by atoms with Gasteiger partial charge in [-0.1, -0.05) is 0 Å². The number of rotatable bonds is 7. The zero-order valence-corrected chi connectivity index (χ0v) is 17.9. The van der Waals surface area contributed by atoms with Crippen LogP contribution in [0.1, 0.15) is 51.0 Å². The summed E-state index contributed by atoms with van der Waals surface area (Å²) in [6.45, 7) is 10.0. The van der Waals surface area contributed by atoms with Gasteiger partial charge in [0, 0.05) is 50.0 Å². The number of aryl methyl sites for hydroxylation is 1. The summed E-state index contributed by atoms with van der Waals surface area (Å²) in [5.74, 6) is 0.422. The van der Waals surface area contributed by atoms with Crippen molar-refractivity contribution in [2.45, 2.75) is 70.7 Å². The molecule has 3 fully saturated rings. The Morgan fingerprint density at radius 3 is 2.62 bits per heavy atom. The highest BCUT2D eigenvalue weighted by Crippen LogP contribution is 2.25. The number of hydrogen-bond donors (Lipinski definition) is 1. The first-order valence-corrected chi connectivity index (χ1v) is 11.6. The SMILES string of the molecule is CCn1cc(CN2CCC(N3CCC(C(=O)NCC4CCCO4)CC3)CC2)cn1. The standard InChI is InChI=1S/C22H37N5O2/c1-2-27-17-18(14-24-27)16-25-9-7-20(8-10-25)26-11-5-19(6-12-26)22(28)23-15-21-4-3-13-29-21/h14,17,19-21H,2-13,15-16H2,1H3,(H,23,28). The van der Waals surface area contributed by atoms with Crippen LogP contribution in [0.15, 0.2) is 12.4 Å². The van der Waals surface area contributed by atoms with Crippen LogP contribution in [0.5, 0.6) is 0 Å². The summed E-state index contributed by atoms with van der Waals surface area (Å²) in [5.41, 5.74) is 1.32. The Labute approximate surface area is 174 Å². The predicted molar refractivity (Wildman–Crippen MR) is 112 cm³/mol. The first-order chi connectivity index (χ1) is 14.2. The van der Waals surface area contributed by atoms with Crippen molar-refractivity contribution >= 4 is 5.91 Å². The van der Waals surface area contributed by atoms with Gasteiger partial charge in [-0.15, -0.1) is 0 Å². The minimum absolute atomic E-state index is 0.183. The van der Waals surface area contributed by atoms with Gasteiger partial charge in [-0.3, -0.25) is 14.4 Å². The van der Waals surface area contributed by atoms with Gasteiger partial charge in [-0.05, 0) is 71.6 Å². The van der Waals surface area contributed by atoms with Gasteiger partial charge in [0.25, 0.3) is 0 Å². The summed E-state index contributed by atoms with van der Waals surface area (Å²) < 4.78 is 7.61. The van der Waals surface area contributed by atoms with Gasteiger partial charge in [-0.25, -0.2) is 0 Å². The van der Waals surface area contributed by atoms with Gasteiger partial charge in [-0.2, -0.15) is 5.10 Å². The monoisotopic (exact) mass is 403 g/mol. The molecule has 1 N–H and O–H groups in total. The zero-order chi connectivity index (χ0) is 20.1. The second kappa shape index (κ2) is 10.0. The van der Waals surface area contributed by atoms with Crippen LogP contribution < -0.4 is 5.32 Å². The number of amides is 1. The van der Waals surface area contributed by atoms with E-state index in [9.17, 15) is 4.79 Å². The lowest BCUT2D eigenvalue weighted by molar-refractivity contribution is -0.127. The maximum absolute atomic E-state index is 12.5. The van der Waals surface area contributed by atoms with Crippen molar-refractivity contribution < 1.29 is 9.53 Å². The maximum Gasteiger partial charge on any atom is 0.223 e. The molecule has 0 spiro atoms. The van der Waals surface area contributed by atoms with E-state index in [1.165, 1.54) is 18.4 Å². The Hall–Kier alpha value is -1.44. The number of nitrogens with one attached hydrogen (secondary N) is 1. The van der Waals surface area contributed by atoms with E-state index in [1.807, 2.05) is 10.9 Å². The molecule has 0 saturated carbocycles. The van der Waals surface area contributed by atoms with Gasteiger partial charge >= 0.3 is 0 Å². The Balaban J connectivity index is 1.14. The molecule has 4 heterocycles. The van der Waals surface area contributed by atoms with Crippen molar-refractivity contribution in [3.63, 3.8) is 0 Å². The lowest BCUT2D eigenvalue weighted by Gasteiger charge is -2.41. The summed E-state index contributed by atoms with van der Waals surface area (Å²) >= 11 is 0. The zero-order valence-electron chi connectivity index (χ0n) is 17.9. The lowest BCUT2D eigenvalue weighted by atomic mass is 9.92. The summed E-state index contributed by atoms with van der Waals surface area (Å²) in [4.78, 5) is 17.7. The normalized spacial score (nSPS) is 25.5. The van der Waals surface area contributed by atoms with Crippen molar-refractivity contribution in [3.8, 4) is 0 Å². The second-order valence-electron chi connectivity index (χ2n) is 8.90. The van der Waals surface area contributed by atoms with E-state index in [-0.39, 0.29) is 17.9 Å². The van der Waals surface area contributed by atoms with Crippen LogP contribution in [0.3, 0.4) is 0 Å². The van der Waals surface area contributed by atoms with Gasteiger partial charge in [0.2, 0.25) is 5.91 Å². The first kappa shape index (κ1) is 20.8. The average Bonchev–Trinajstić information content (AvgIpc) is 3.45. The van der Waals surface area contributed by atoms with E-state index < -0.39 is 0 Å². The molecule has 4 rings (SSSR count). The van der Waals surface area contributed by atoms with Gasteiger partial charge in [0.1, 0.15) is 0 Å². The third-order valence-corrected chi connectivity index (χ3v) is 6.92. The van der Waals surface area contributed by atoms with E-state index in [4.69, 9.17) is 4.74 Å². The molecular formula is C22H37N5O2. The Kier molecular flexibility index (Phi) is 7.21. The third kappa shape index (κ3) is 5.58. The molecule has 7 nitrogen and oxygen atoms in total. The fourth-order valence-corrected chi connectivity index (χ4v) is 5.05. The maximum atomic E-state index is 12.5. The van der Waals surface area contributed by atoms with Crippen LogP contribution >= 0.6 is 0 Å². The fourth-order valence-electron chi connectivity index (χ4n) is 5.05. The average molecular weight is 404 g/mol. The third-order valence-electron chi connectivity index (χ3n) is 6.92. The van der Waals surface area contributed by atoms with Gasteiger partial charge < -0.3 is 15.0 Å². The topological polar surface area (TPSA) is 62.6 Å². The fraction of sp³-hybridized carbons (Fsp3) is 0.818. The van der Waals surface area contributed by atoms with E-state index in [1.54, 1.807) is 0 Å². The summed E-state index contributed by atoms with van der Waals surface area (Å²) in [7, 11) is 0. The van der Waals surface area contributed by atoms with E-state index >= 15 is 0 Å². The Morgan fingerprint density at radius 1 is 1.17 bits per heavy atom. The molecule has 1 atom stereocenters. The second-order valence-corrected chi connectivity index (χ2v) is 8.90. The molecule has 3 aliphatic heterocycles. The lowest BCUT2D eigenvalue weighted by Crippen LogP contribution is -2.49.